The Hall–Kier alpha value is -2.17. The highest BCUT2D eigenvalue weighted by Gasteiger charge is 2.26. The average Bonchev–Trinajstić information content (AvgIpc) is 2.88. The monoisotopic (exact) mass is 312 g/mol. The zero-order valence-corrected chi connectivity index (χ0v) is 14.3. The summed E-state index contributed by atoms with van der Waals surface area (Å²) < 4.78 is 2.17. The third kappa shape index (κ3) is 3.14. The molecule has 0 atom stereocenters. The molecule has 122 valence electrons. The molecule has 1 aliphatic rings. The van der Waals surface area contributed by atoms with Crippen LogP contribution in [0.2, 0.25) is 0 Å². The molecule has 1 amide bonds. The second kappa shape index (κ2) is 6.14. The van der Waals surface area contributed by atoms with Gasteiger partial charge in [0.15, 0.2) is 5.82 Å². The Morgan fingerprint density at radius 2 is 2.00 bits per heavy atom. The van der Waals surface area contributed by atoms with Crippen molar-refractivity contribution in [2.24, 2.45) is 5.92 Å². The number of nitrogens with zero attached hydrogens (tertiary/aromatic N) is 4. The van der Waals surface area contributed by atoms with Crippen molar-refractivity contribution >= 4 is 5.91 Å². The van der Waals surface area contributed by atoms with E-state index < -0.39 is 0 Å². The Balaban J connectivity index is 1.79. The molecule has 5 heteroatoms. The molecule has 0 radical (unpaired) electrons. The molecule has 1 aromatic heterocycles. The van der Waals surface area contributed by atoms with E-state index in [1.54, 1.807) is 0 Å². The molecule has 0 unspecified atom stereocenters. The SMILES string of the molecule is Cc1ccc(C(=O)N2CCn3c(CC(C)C)nnc3C2)c(C)c1. The molecular formula is C18H24N4O. The van der Waals surface area contributed by atoms with Gasteiger partial charge in [-0.05, 0) is 31.4 Å². The van der Waals surface area contributed by atoms with E-state index >= 15 is 0 Å². The van der Waals surface area contributed by atoms with Gasteiger partial charge in [-0.2, -0.15) is 0 Å². The Kier molecular flexibility index (Phi) is 4.20. The van der Waals surface area contributed by atoms with Crippen molar-refractivity contribution < 1.29 is 4.79 Å². The maximum absolute atomic E-state index is 12.8. The number of hydrogen-bond acceptors (Lipinski definition) is 3. The number of fused-ring (bicyclic) bond motifs is 1. The fourth-order valence-corrected chi connectivity index (χ4v) is 3.13. The van der Waals surface area contributed by atoms with Gasteiger partial charge in [-0.1, -0.05) is 31.5 Å². The van der Waals surface area contributed by atoms with E-state index in [0.717, 1.165) is 35.7 Å². The molecule has 0 saturated heterocycles. The normalized spacial score (nSPS) is 14.2. The number of aromatic nitrogens is 3. The number of carbonyl (C=O) groups excluding carboxylic acids is 1. The predicted molar refractivity (Wildman–Crippen MR) is 89.2 cm³/mol. The average molecular weight is 312 g/mol. The summed E-state index contributed by atoms with van der Waals surface area (Å²) in [6.07, 6.45) is 0.929. The Bertz CT molecular complexity index is 733. The molecule has 0 N–H and O–H groups in total. The first-order valence-corrected chi connectivity index (χ1v) is 8.23. The minimum Gasteiger partial charge on any atom is -0.329 e. The lowest BCUT2D eigenvalue weighted by Crippen LogP contribution is -2.39. The third-order valence-corrected chi connectivity index (χ3v) is 4.32. The number of carbonyl (C=O) groups is 1. The van der Waals surface area contributed by atoms with E-state index in [1.807, 2.05) is 30.9 Å². The van der Waals surface area contributed by atoms with Crippen LogP contribution in [0.1, 0.15) is 47.0 Å². The molecule has 0 spiro atoms. The Morgan fingerprint density at radius 3 is 2.70 bits per heavy atom. The fourth-order valence-electron chi connectivity index (χ4n) is 3.13. The van der Waals surface area contributed by atoms with E-state index in [2.05, 4.69) is 34.7 Å². The van der Waals surface area contributed by atoms with Gasteiger partial charge >= 0.3 is 0 Å². The van der Waals surface area contributed by atoms with Crippen LogP contribution in [0.5, 0.6) is 0 Å². The van der Waals surface area contributed by atoms with Crippen LogP contribution in [0.25, 0.3) is 0 Å². The molecule has 5 nitrogen and oxygen atoms in total. The zero-order chi connectivity index (χ0) is 16.6. The van der Waals surface area contributed by atoms with E-state index in [9.17, 15) is 4.79 Å². The minimum absolute atomic E-state index is 0.0853. The van der Waals surface area contributed by atoms with Gasteiger partial charge < -0.3 is 9.47 Å². The predicted octanol–water partition coefficient (Wildman–Crippen LogP) is 2.75. The van der Waals surface area contributed by atoms with E-state index in [4.69, 9.17) is 0 Å². The smallest absolute Gasteiger partial charge is 0.254 e. The summed E-state index contributed by atoms with van der Waals surface area (Å²) >= 11 is 0. The standard InChI is InChI=1S/C18H24N4O/c1-12(2)9-16-19-20-17-11-21(7-8-22(16)17)18(23)15-6-5-13(3)10-14(15)4/h5-6,10,12H,7-9,11H2,1-4H3. The molecule has 1 aliphatic heterocycles. The van der Waals surface area contributed by atoms with Crippen molar-refractivity contribution in [1.29, 1.82) is 0 Å². The molecule has 0 fully saturated rings. The van der Waals surface area contributed by atoms with Gasteiger partial charge in [-0.3, -0.25) is 4.79 Å². The van der Waals surface area contributed by atoms with Gasteiger partial charge in [0.1, 0.15) is 5.82 Å². The second-order valence-corrected chi connectivity index (χ2v) is 6.83. The quantitative estimate of drug-likeness (QED) is 0.875. The summed E-state index contributed by atoms with van der Waals surface area (Å²) in [6.45, 7) is 10.4. The number of hydrogen-bond donors (Lipinski definition) is 0. The molecular weight excluding hydrogens is 288 g/mol. The molecule has 0 saturated carbocycles. The lowest BCUT2D eigenvalue weighted by atomic mass is 10.0. The molecule has 3 rings (SSSR count). The van der Waals surface area contributed by atoms with Crippen LogP contribution in [0.4, 0.5) is 0 Å². The van der Waals surface area contributed by atoms with Gasteiger partial charge in [0.2, 0.25) is 0 Å². The number of rotatable bonds is 3. The van der Waals surface area contributed by atoms with Gasteiger partial charge in [0, 0.05) is 25.1 Å². The summed E-state index contributed by atoms with van der Waals surface area (Å²) in [4.78, 5) is 14.7. The van der Waals surface area contributed by atoms with Crippen LogP contribution in [0.15, 0.2) is 18.2 Å². The second-order valence-electron chi connectivity index (χ2n) is 6.83. The number of aryl methyl sites for hydroxylation is 2. The van der Waals surface area contributed by atoms with Gasteiger partial charge in [-0.15, -0.1) is 10.2 Å². The van der Waals surface area contributed by atoms with Crippen LogP contribution in [0.3, 0.4) is 0 Å². The lowest BCUT2D eigenvalue weighted by Gasteiger charge is -2.28. The number of benzene rings is 1. The summed E-state index contributed by atoms with van der Waals surface area (Å²) in [5.41, 5.74) is 2.99. The van der Waals surface area contributed by atoms with Crippen LogP contribution in [-0.4, -0.2) is 32.1 Å². The maximum Gasteiger partial charge on any atom is 0.254 e. The first kappa shape index (κ1) is 15.7. The third-order valence-electron chi connectivity index (χ3n) is 4.32. The highest BCUT2D eigenvalue weighted by atomic mass is 16.2. The molecule has 2 aromatic rings. The zero-order valence-electron chi connectivity index (χ0n) is 14.3. The maximum atomic E-state index is 12.8. The Labute approximate surface area is 137 Å². The van der Waals surface area contributed by atoms with Gasteiger partial charge in [0.05, 0.1) is 6.54 Å². The summed E-state index contributed by atoms with van der Waals surface area (Å²) in [5.74, 6) is 2.57. The molecule has 0 aliphatic carbocycles. The molecule has 1 aromatic carbocycles. The topological polar surface area (TPSA) is 51.0 Å². The highest BCUT2D eigenvalue weighted by molar-refractivity contribution is 5.95. The molecule has 23 heavy (non-hydrogen) atoms. The van der Waals surface area contributed by atoms with E-state index in [0.29, 0.717) is 19.0 Å². The number of amides is 1. The molecule has 0 bridgehead atoms. The van der Waals surface area contributed by atoms with Gasteiger partial charge in [0.25, 0.3) is 5.91 Å². The summed E-state index contributed by atoms with van der Waals surface area (Å²) in [5, 5.41) is 8.60. The van der Waals surface area contributed by atoms with Crippen molar-refractivity contribution in [2.75, 3.05) is 6.54 Å². The first-order valence-electron chi connectivity index (χ1n) is 8.23. The van der Waals surface area contributed by atoms with Crippen molar-refractivity contribution in [3.63, 3.8) is 0 Å². The van der Waals surface area contributed by atoms with Crippen LogP contribution in [0, 0.1) is 19.8 Å². The van der Waals surface area contributed by atoms with Crippen LogP contribution >= 0.6 is 0 Å². The van der Waals surface area contributed by atoms with E-state index in [1.165, 1.54) is 5.56 Å². The highest BCUT2D eigenvalue weighted by Crippen LogP contribution is 2.19. The van der Waals surface area contributed by atoms with Crippen LogP contribution in [-0.2, 0) is 19.5 Å². The summed E-state index contributed by atoms with van der Waals surface area (Å²) in [7, 11) is 0. The summed E-state index contributed by atoms with van der Waals surface area (Å²) in [6, 6.07) is 5.98. The van der Waals surface area contributed by atoms with Crippen molar-refractivity contribution in [3.8, 4) is 0 Å². The largest absolute Gasteiger partial charge is 0.329 e. The fraction of sp³-hybridized carbons (Fsp3) is 0.500. The van der Waals surface area contributed by atoms with Crippen molar-refractivity contribution in [3.05, 3.63) is 46.5 Å². The lowest BCUT2D eigenvalue weighted by molar-refractivity contribution is 0.0705. The first-order chi connectivity index (χ1) is 11.0. The van der Waals surface area contributed by atoms with Gasteiger partial charge in [-0.25, -0.2) is 0 Å². The van der Waals surface area contributed by atoms with Crippen LogP contribution < -0.4 is 0 Å². The Morgan fingerprint density at radius 1 is 1.22 bits per heavy atom. The van der Waals surface area contributed by atoms with Crippen molar-refractivity contribution in [1.82, 2.24) is 19.7 Å². The molecule has 2 heterocycles. The van der Waals surface area contributed by atoms with Crippen molar-refractivity contribution in [2.45, 2.75) is 47.2 Å². The van der Waals surface area contributed by atoms with E-state index in [-0.39, 0.29) is 5.91 Å². The minimum atomic E-state index is 0.0853.